The fourth-order valence-electron chi connectivity index (χ4n) is 0.994. The number of aromatic amines is 1. The number of nitrogens with one attached hydrogen (secondary N) is 1. The molecule has 0 unspecified atom stereocenters. The molecule has 3 heteroatoms. The number of H-pyrrole nitrogens is 1. The largest absolute Gasteiger partial charge is 0.294 e. The molecule has 1 rings (SSSR count). The lowest BCUT2D eigenvalue weighted by Gasteiger charge is -1.94. The lowest BCUT2D eigenvalue weighted by molar-refractivity contribution is 0.0981. The molecule has 1 aromatic heterocycles. The number of rotatable bonds is 3. The van der Waals surface area contributed by atoms with E-state index in [0.717, 1.165) is 17.7 Å². The van der Waals surface area contributed by atoms with Crippen molar-refractivity contribution in [2.75, 3.05) is 0 Å². The predicted molar refractivity (Wildman–Crippen MR) is 42.6 cm³/mol. The van der Waals surface area contributed by atoms with Crippen LogP contribution in [-0.4, -0.2) is 16.0 Å². The van der Waals surface area contributed by atoms with Gasteiger partial charge in [0, 0.05) is 12.1 Å². The summed E-state index contributed by atoms with van der Waals surface area (Å²) in [5.41, 5.74) is 1.59. The molecule has 0 aromatic carbocycles. The lowest BCUT2D eigenvalue weighted by Crippen LogP contribution is -1.98. The van der Waals surface area contributed by atoms with Gasteiger partial charge in [-0.3, -0.25) is 9.89 Å². The summed E-state index contributed by atoms with van der Waals surface area (Å²) in [6.45, 7) is 3.85. The van der Waals surface area contributed by atoms with Crippen LogP contribution in [0.2, 0.25) is 0 Å². The SMILES string of the molecule is CCCC(=O)c1cn[nH]c1C. The summed E-state index contributed by atoms with van der Waals surface area (Å²) in [7, 11) is 0. The smallest absolute Gasteiger partial charge is 0.166 e. The second-order valence-corrected chi connectivity index (χ2v) is 2.58. The van der Waals surface area contributed by atoms with Gasteiger partial charge in [-0.25, -0.2) is 0 Å². The first-order valence-electron chi connectivity index (χ1n) is 3.79. The van der Waals surface area contributed by atoms with E-state index in [-0.39, 0.29) is 5.78 Å². The van der Waals surface area contributed by atoms with E-state index in [2.05, 4.69) is 10.2 Å². The number of aryl methyl sites for hydroxylation is 1. The Labute approximate surface area is 65.8 Å². The number of carbonyl (C=O) groups excluding carboxylic acids is 1. The average molecular weight is 152 g/mol. The Morgan fingerprint density at radius 3 is 2.91 bits per heavy atom. The van der Waals surface area contributed by atoms with Gasteiger partial charge in [-0.05, 0) is 13.3 Å². The Bertz CT molecular complexity index is 252. The molecule has 0 amide bonds. The number of Topliss-reactive ketones (excluding diaryl/α,β-unsaturated/α-hetero) is 1. The van der Waals surface area contributed by atoms with E-state index in [1.54, 1.807) is 6.20 Å². The van der Waals surface area contributed by atoms with E-state index < -0.39 is 0 Å². The second-order valence-electron chi connectivity index (χ2n) is 2.58. The van der Waals surface area contributed by atoms with Gasteiger partial charge in [0.2, 0.25) is 0 Å². The Balaban J connectivity index is 2.76. The molecule has 3 nitrogen and oxygen atoms in total. The molecule has 1 aromatic rings. The number of hydrogen-bond acceptors (Lipinski definition) is 2. The van der Waals surface area contributed by atoms with E-state index in [1.165, 1.54) is 0 Å². The highest BCUT2D eigenvalue weighted by atomic mass is 16.1. The highest BCUT2D eigenvalue weighted by Gasteiger charge is 2.08. The standard InChI is InChI=1S/C8H12N2O/c1-3-4-8(11)7-5-9-10-6(7)2/h5H,3-4H2,1-2H3,(H,9,10). The third-order valence-electron chi connectivity index (χ3n) is 1.61. The van der Waals surface area contributed by atoms with Crippen LogP contribution in [0.25, 0.3) is 0 Å². The van der Waals surface area contributed by atoms with Crippen LogP contribution < -0.4 is 0 Å². The van der Waals surface area contributed by atoms with Crippen molar-refractivity contribution in [2.45, 2.75) is 26.7 Å². The lowest BCUT2D eigenvalue weighted by atomic mass is 10.1. The van der Waals surface area contributed by atoms with Crippen molar-refractivity contribution in [2.24, 2.45) is 0 Å². The molecule has 0 atom stereocenters. The second kappa shape index (κ2) is 3.32. The molecule has 0 fully saturated rings. The van der Waals surface area contributed by atoms with Gasteiger partial charge < -0.3 is 0 Å². The van der Waals surface area contributed by atoms with Gasteiger partial charge >= 0.3 is 0 Å². The molecule has 0 aliphatic heterocycles. The zero-order valence-electron chi connectivity index (χ0n) is 6.85. The van der Waals surface area contributed by atoms with Crippen molar-refractivity contribution in [3.8, 4) is 0 Å². The van der Waals surface area contributed by atoms with Gasteiger partial charge in [-0.1, -0.05) is 6.92 Å². The molecule has 0 aliphatic rings. The van der Waals surface area contributed by atoms with Crippen LogP contribution in [0.5, 0.6) is 0 Å². The van der Waals surface area contributed by atoms with Crippen molar-refractivity contribution in [1.82, 2.24) is 10.2 Å². The minimum Gasteiger partial charge on any atom is -0.294 e. The monoisotopic (exact) mass is 152 g/mol. The molecule has 0 saturated heterocycles. The number of aromatic nitrogens is 2. The normalized spacial score (nSPS) is 10.0. The van der Waals surface area contributed by atoms with Crippen LogP contribution in [0.4, 0.5) is 0 Å². The molecule has 1 N–H and O–H groups in total. The van der Waals surface area contributed by atoms with Crippen molar-refractivity contribution >= 4 is 5.78 Å². The van der Waals surface area contributed by atoms with Gasteiger partial charge in [0.25, 0.3) is 0 Å². The molecule has 0 spiro atoms. The zero-order valence-corrected chi connectivity index (χ0v) is 6.85. The maximum Gasteiger partial charge on any atom is 0.166 e. The summed E-state index contributed by atoms with van der Waals surface area (Å²) in [5.74, 6) is 0.179. The number of hydrogen-bond donors (Lipinski definition) is 1. The molecule has 11 heavy (non-hydrogen) atoms. The van der Waals surface area contributed by atoms with Crippen molar-refractivity contribution in [3.05, 3.63) is 17.5 Å². The third kappa shape index (κ3) is 1.67. The van der Waals surface area contributed by atoms with Crippen LogP contribution in [0, 0.1) is 6.92 Å². The van der Waals surface area contributed by atoms with Crippen molar-refractivity contribution < 1.29 is 4.79 Å². The number of ketones is 1. The van der Waals surface area contributed by atoms with Crippen LogP contribution in [0.15, 0.2) is 6.20 Å². The van der Waals surface area contributed by atoms with Gasteiger partial charge in [0.1, 0.15) is 0 Å². The third-order valence-corrected chi connectivity index (χ3v) is 1.61. The average Bonchev–Trinajstić information content (AvgIpc) is 2.36. The van der Waals surface area contributed by atoms with Gasteiger partial charge in [-0.15, -0.1) is 0 Å². The number of carbonyl (C=O) groups is 1. The van der Waals surface area contributed by atoms with Crippen LogP contribution in [0.1, 0.15) is 35.8 Å². The molecular weight excluding hydrogens is 140 g/mol. The first kappa shape index (κ1) is 7.98. The Hall–Kier alpha value is -1.12. The first-order valence-corrected chi connectivity index (χ1v) is 3.79. The Kier molecular flexibility index (Phi) is 2.41. The fourth-order valence-corrected chi connectivity index (χ4v) is 0.994. The van der Waals surface area contributed by atoms with E-state index in [1.807, 2.05) is 13.8 Å². The highest BCUT2D eigenvalue weighted by Crippen LogP contribution is 2.06. The van der Waals surface area contributed by atoms with Crippen molar-refractivity contribution in [1.29, 1.82) is 0 Å². The molecule has 1 heterocycles. The number of nitrogens with zero attached hydrogens (tertiary/aromatic N) is 1. The van der Waals surface area contributed by atoms with Gasteiger partial charge in [-0.2, -0.15) is 5.10 Å². The summed E-state index contributed by atoms with van der Waals surface area (Å²) in [6, 6.07) is 0. The first-order chi connectivity index (χ1) is 5.25. The molecule has 0 bridgehead atoms. The van der Waals surface area contributed by atoms with Gasteiger partial charge in [0.15, 0.2) is 5.78 Å². The van der Waals surface area contributed by atoms with Crippen LogP contribution in [-0.2, 0) is 0 Å². The maximum atomic E-state index is 11.3. The van der Waals surface area contributed by atoms with Crippen molar-refractivity contribution in [3.63, 3.8) is 0 Å². The molecular formula is C8H12N2O. The molecule has 0 radical (unpaired) electrons. The van der Waals surface area contributed by atoms with Crippen LogP contribution >= 0.6 is 0 Å². The van der Waals surface area contributed by atoms with E-state index in [9.17, 15) is 4.79 Å². The van der Waals surface area contributed by atoms with Crippen LogP contribution in [0.3, 0.4) is 0 Å². The van der Waals surface area contributed by atoms with E-state index in [0.29, 0.717) is 6.42 Å². The highest BCUT2D eigenvalue weighted by molar-refractivity contribution is 5.96. The van der Waals surface area contributed by atoms with E-state index in [4.69, 9.17) is 0 Å². The summed E-state index contributed by atoms with van der Waals surface area (Å²) < 4.78 is 0. The molecule has 0 aliphatic carbocycles. The zero-order chi connectivity index (χ0) is 8.27. The summed E-state index contributed by atoms with van der Waals surface area (Å²) in [5, 5.41) is 6.52. The minimum absolute atomic E-state index is 0.179. The Morgan fingerprint density at radius 2 is 2.45 bits per heavy atom. The van der Waals surface area contributed by atoms with E-state index >= 15 is 0 Å². The summed E-state index contributed by atoms with van der Waals surface area (Å²) >= 11 is 0. The fraction of sp³-hybridized carbons (Fsp3) is 0.500. The Morgan fingerprint density at radius 1 is 1.73 bits per heavy atom. The topological polar surface area (TPSA) is 45.8 Å². The molecule has 60 valence electrons. The summed E-state index contributed by atoms with van der Waals surface area (Å²) in [4.78, 5) is 11.3. The predicted octanol–water partition coefficient (Wildman–Crippen LogP) is 1.70. The van der Waals surface area contributed by atoms with Gasteiger partial charge in [0.05, 0.1) is 11.8 Å². The minimum atomic E-state index is 0.179. The maximum absolute atomic E-state index is 11.3. The quantitative estimate of drug-likeness (QED) is 0.670. The summed E-state index contributed by atoms with van der Waals surface area (Å²) in [6.07, 6.45) is 3.09. The molecule has 0 saturated carbocycles.